The molecule has 5 heteroatoms. The molecule has 2 amide bonds. The summed E-state index contributed by atoms with van der Waals surface area (Å²) in [5.41, 5.74) is 2.79. The molecule has 1 heterocycles. The lowest BCUT2D eigenvalue weighted by Crippen LogP contribution is -2.30. The quantitative estimate of drug-likeness (QED) is 0.664. The number of amides is 2. The third-order valence-electron chi connectivity index (χ3n) is 5.39. The van der Waals surface area contributed by atoms with Crippen LogP contribution in [0.15, 0.2) is 66.7 Å². The number of carbonyl (C=O) groups excluding carboxylic acids is 2. The van der Waals surface area contributed by atoms with E-state index >= 15 is 0 Å². The Bertz CT molecular complexity index is 1020. The van der Waals surface area contributed by atoms with E-state index in [-0.39, 0.29) is 24.4 Å². The largest absolute Gasteiger partial charge is 0.325 e. The molecule has 1 aliphatic heterocycles. The molecule has 0 aromatic heterocycles. The van der Waals surface area contributed by atoms with Crippen molar-refractivity contribution in [2.24, 2.45) is 0 Å². The summed E-state index contributed by atoms with van der Waals surface area (Å²) in [6.45, 7) is 3.05. The maximum Gasteiger partial charge on any atom is 0.238 e. The maximum absolute atomic E-state index is 12.4. The van der Waals surface area contributed by atoms with Crippen LogP contribution < -0.4 is 15.5 Å². The highest BCUT2D eigenvalue weighted by atomic mass is 16.2. The number of nitrogens with one attached hydrogen (secondary N) is 2. The molecule has 4 rings (SSSR count). The van der Waals surface area contributed by atoms with Crippen LogP contribution >= 0.6 is 0 Å². The predicted octanol–water partition coefficient (Wildman–Crippen LogP) is 4.26. The van der Waals surface area contributed by atoms with Crippen LogP contribution in [0.25, 0.3) is 10.8 Å². The third-order valence-corrected chi connectivity index (χ3v) is 5.39. The van der Waals surface area contributed by atoms with Gasteiger partial charge < -0.3 is 15.5 Å². The highest BCUT2D eigenvalue weighted by Crippen LogP contribution is 2.24. The Kier molecular flexibility index (Phi) is 5.58. The number of rotatable bonds is 6. The van der Waals surface area contributed by atoms with Crippen LogP contribution in [0.3, 0.4) is 0 Å². The van der Waals surface area contributed by atoms with Gasteiger partial charge in [-0.05, 0) is 53.9 Å². The van der Waals surface area contributed by atoms with Gasteiger partial charge in [-0.15, -0.1) is 0 Å². The summed E-state index contributed by atoms with van der Waals surface area (Å²) in [6.07, 6.45) is 1.51. The second-order valence-electron chi connectivity index (χ2n) is 7.41. The van der Waals surface area contributed by atoms with E-state index in [2.05, 4.69) is 41.8 Å². The minimum atomic E-state index is -0.0953. The molecule has 0 bridgehead atoms. The van der Waals surface area contributed by atoms with E-state index in [1.54, 1.807) is 4.90 Å². The van der Waals surface area contributed by atoms with E-state index in [4.69, 9.17) is 0 Å². The second kappa shape index (κ2) is 8.45. The average Bonchev–Trinajstić information content (AvgIpc) is 3.18. The molecule has 1 saturated heterocycles. The topological polar surface area (TPSA) is 61.4 Å². The fourth-order valence-electron chi connectivity index (χ4n) is 3.83. The van der Waals surface area contributed by atoms with Crippen LogP contribution in [0.4, 0.5) is 11.4 Å². The van der Waals surface area contributed by atoms with Crippen molar-refractivity contribution in [3.05, 3.63) is 72.3 Å². The summed E-state index contributed by atoms with van der Waals surface area (Å²) >= 11 is 0. The molecule has 0 aliphatic carbocycles. The Balaban J connectivity index is 1.34. The molecule has 148 valence electrons. The van der Waals surface area contributed by atoms with Crippen LogP contribution in [-0.4, -0.2) is 24.9 Å². The van der Waals surface area contributed by atoms with Crippen molar-refractivity contribution >= 4 is 34.0 Å². The average molecular weight is 387 g/mol. The zero-order valence-electron chi connectivity index (χ0n) is 16.5. The Morgan fingerprint density at radius 3 is 2.55 bits per heavy atom. The fourth-order valence-corrected chi connectivity index (χ4v) is 3.83. The number of hydrogen-bond acceptors (Lipinski definition) is 3. The van der Waals surface area contributed by atoms with Crippen molar-refractivity contribution in [2.75, 3.05) is 23.3 Å². The van der Waals surface area contributed by atoms with Gasteiger partial charge in [0.2, 0.25) is 11.8 Å². The molecule has 0 radical (unpaired) electrons. The Morgan fingerprint density at radius 1 is 1.03 bits per heavy atom. The van der Waals surface area contributed by atoms with Gasteiger partial charge >= 0.3 is 0 Å². The summed E-state index contributed by atoms with van der Waals surface area (Å²) in [7, 11) is 0. The number of anilines is 2. The molecule has 1 aliphatic rings. The van der Waals surface area contributed by atoms with Gasteiger partial charge in [0, 0.05) is 30.4 Å². The van der Waals surface area contributed by atoms with E-state index < -0.39 is 0 Å². The normalized spacial score (nSPS) is 14.9. The summed E-state index contributed by atoms with van der Waals surface area (Å²) in [4.78, 5) is 26.0. The van der Waals surface area contributed by atoms with Crippen molar-refractivity contribution in [1.82, 2.24) is 5.32 Å². The van der Waals surface area contributed by atoms with Crippen LogP contribution in [-0.2, 0) is 9.59 Å². The molecule has 2 N–H and O–H groups in total. The summed E-state index contributed by atoms with van der Waals surface area (Å²) < 4.78 is 0. The van der Waals surface area contributed by atoms with E-state index in [1.165, 1.54) is 16.3 Å². The standard InChI is InChI=1S/C24H25N3O2/c1-17(21-9-4-7-18-6-2-3-8-22(18)21)25-16-23(28)26-19-11-13-20(14-12-19)27-15-5-10-24(27)29/h2-4,6-9,11-14,17,25H,5,10,15-16H2,1H3,(H,26,28)/t17-/m1/s1. The molecule has 29 heavy (non-hydrogen) atoms. The number of carbonyl (C=O) groups is 2. The Labute approximate surface area is 170 Å². The molecule has 1 atom stereocenters. The first-order valence-corrected chi connectivity index (χ1v) is 10.0. The molecule has 0 saturated carbocycles. The molecule has 0 spiro atoms. The van der Waals surface area contributed by atoms with Gasteiger partial charge in [0.25, 0.3) is 0 Å². The summed E-state index contributed by atoms with van der Waals surface area (Å²) in [6, 6.07) is 22.0. The smallest absolute Gasteiger partial charge is 0.238 e. The highest BCUT2D eigenvalue weighted by Gasteiger charge is 2.21. The SMILES string of the molecule is C[C@@H](NCC(=O)Nc1ccc(N2CCCC2=O)cc1)c1cccc2ccccc12. The van der Waals surface area contributed by atoms with Gasteiger partial charge in [-0.2, -0.15) is 0 Å². The molecular weight excluding hydrogens is 362 g/mol. The van der Waals surface area contributed by atoms with Crippen LogP contribution in [0, 0.1) is 0 Å². The number of hydrogen-bond donors (Lipinski definition) is 2. The van der Waals surface area contributed by atoms with Crippen molar-refractivity contribution in [2.45, 2.75) is 25.8 Å². The van der Waals surface area contributed by atoms with Gasteiger partial charge in [0.05, 0.1) is 6.54 Å². The van der Waals surface area contributed by atoms with Gasteiger partial charge in [-0.25, -0.2) is 0 Å². The molecule has 0 unspecified atom stereocenters. The minimum Gasteiger partial charge on any atom is -0.325 e. The van der Waals surface area contributed by atoms with Gasteiger partial charge in [-0.1, -0.05) is 42.5 Å². The van der Waals surface area contributed by atoms with Crippen LogP contribution in [0.1, 0.15) is 31.4 Å². The van der Waals surface area contributed by atoms with Gasteiger partial charge in [0.1, 0.15) is 0 Å². The Morgan fingerprint density at radius 2 is 1.79 bits per heavy atom. The first-order chi connectivity index (χ1) is 14.1. The van der Waals surface area contributed by atoms with Gasteiger partial charge in [-0.3, -0.25) is 9.59 Å². The zero-order chi connectivity index (χ0) is 20.2. The van der Waals surface area contributed by atoms with Gasteiger partial charge in [0.15, 0.2) is 0 Å². The lowest BCUT2D eigenvalue weighted by molar-refractivity contribution is -0.117. The molecular formula is C24H25N3O2. The lowest BCUT2D eigenvalue weighted by Gasteiger charge is -2.17. The fraction of sp³-hybridized carbons (Fsp3) is 0.250. The Hall–Kier alpha value is -3.18. The van der Waals surface area contributed by atoms with Crippen molar-refractivity contribution in [3.8, 4) is 0 Å². The van der Waals surface area contributed by atoms with Crippen LogP contribution in [0.5, 0.6) is 0 Å². The molecule has 1 fully saturated rings. The second-order valence-corrected chi connectivity index (χ2v) is 7.41. The van der Waals surface area contributed by atoms with Crippen LogP contribution in [0.2, 0.25) is 0 Å². The van der Waals surface area contributed by atoms with Crippen molar-refractivity contribution < 1.29 is 9.59 Å². The summed E-state index contributed by atoms with van der Waals surface area (Å²) in [5.74, 6) is 0.0653. The van der Waals surface area contributed by atoms with E-state index in [0.717, 1.165) is 24.3 Å². The molecule has 3 aromatic rings. The number of nitrogens with zero attached hydrogens (tertiary/aromatic N) is 1. The van der Waals surface area contributed by atoms with E-state index in [1.807, 2.05) is 42.5 Å². The lowest BCUT2D eigenvalue weighted by atomic mass is 10.00. The minimum absolute atomic E-state index is 0.0513. The predicted molar refractivity (Wildman–Crippen MR) is 117 cm³/mol. The first-order valence-electron chi connectivity index (χ1n) is 10.0. The third kappa shape index (κ3) is 4.30. The zero-order valence-corrected chi connectivity index (χ0v) is 16.5. The highest BCUT2D eigenvalue weighted by molar-refractivity contribution is 5.96. The number of fused-ring (bicyclic) bond motifs is 1. The number of benzene rings is 3. The summed E-state index contributed by atoms with van der Waals surface area (Å²) in [5, 5.41) is 8.61. The van der Waals surface area contributed by atoms with E-state index in [0.29, 0.717) is 6.42 Å². The van der Waals surface area contributed by atoms with Crippen molar-refractivity contribution in [1.29, 1.82) is 0 Å². The molecule has 3 aromatic carbocycles. The maximum atomic E-state index is 12.4. The van der Waals surface area contributed by atoms with E-state index in [9.17, 15) is 9.59 Å². The van der Waals surface area contributed by atoms with Crippen molar-refractivity contribution in [3.63, 3.8) is 0 Å². The monoisotopic (exact) mass is 387 g/mol. The first kappa shape index (κ1) is 19.2. The molecule has 5 nitrogen and oxygen atoms in total.